The van der Waals surface area contributed by atoms with Gasteiger partial charge in [0.2, 0.25) is 5.91 Å². The van der Waals surface area contributed by atoms with Crippen molar-refractivity contribution in [1.82, 2.24) is 0 Å². The first-order valence-corrected chi connectivity index (χ1v) is 6.65. The van der Waals surface area contributed by atoms with Crippen molar-refractivity contribution in [2.45, 2.75) is 13.3 Å². The normalized spacial score (nSPS) is 10.3. The van der Waals surface area contributed by atoms with E-state index in [4.69, 9.17) is 0 Å². The topological polar surface area (TPSA) is 29.1 Å². The highest BCUT2D eigenvalue weighted by molar-refractivity contribution is 9.10. The Morgan fingerprint density at radius 1 is 1.26 bits per heavy atom. The predicted octanol–water partition coefficient (Wildman–Crippen LogP) is 4.08. The number of hydrogen-bond acceptors (Lipinski definition) is 1. The second kappa shape index (κ2) is 5.97. The average Bonchev–Trinajstić information content (AvgIpc) is 2.37. The molecule has 0 heterocycles. The molecule has 0 aliphatic carbocycles. The van der Waals surface area contributed by atoms with Crippen LogP contribution in [-0.2, 0) is 11.2 Å². The second-order valence-corrected chi connectivity index (χ2v) is 5.13. The van der Waals surface area contributed by atoms with Gasteiger partial charge in [0.1, 0.15) is 5.82 Å². The summed E-state index contributed by atoms with van der Waals surface area (Å²) in [7, 11) is 0. The first-order valence-electron chi connectivity index (χ1n) is 5.85. The first kappa shape index (κ1) is 13.7. The van der Waals surface area contributed by atoms with Gasteiger partial charge < -0.3 is 5.32 Å². The molecule has 1 amide bonds. The molecule has 1 N–H and O–H groups in total. The zero-order chi connectivity index (χ0) is 13.8. The SMILES string of the molecule is Cc1cc(NC(=O)Cc2ccccc2F)ccc1Br. The van der Waals surface area contributed by atoms with E-state index in [0.717, 1.165) is 10.0 Å². The van der Waals surface area contributed by atoms with Crippen LogP contribution in [0.15, 0.2) is 46.9 Å². The smallest absolute Gasteiger partial charge is 0.228 e. The molecule has 19 heavy (non-hydrogen) atoms. The summed E-state index contributed by atoms with van der Waals surface area (Å²) in [6, 6.07) is 11.8. The third-order valence-electron chi connectivity index (χ3n) is 2.75. The molecule has 0 unspecified atom stereocenters. The van der Waals surface area contributed by atoms with Gasteiger partial charge in [-0.15, -0.1) is 0 Å². The molecule has 2 rings (SSSR count). The number of carbonyl (C=O) groups is 1. The summed E-state index contributed by atoms with van der Waals surface area (Å²) in [5.74, 6) is -0.587. The van der Waals surface area contributed by atoms with E-state index in [0.29, 0.717) is 11.3 Å². The highest BCUT2D eigenvalue weighted by Crippen LogP contribution is 2.20. The Morgan fingerprint density at radius 2 is 2.00 bits per heavy atom. The minimum atomic E-state index is -0.357. The number of benzene rings is 2. The van der Waals surface area contributed by atoms with Crippen molar-refractivity contribution >= 4 is 27.5 Å². The van der Waals surface area contributed by atoms with Crippen molar-refractivity contribution in [2.75, 3.05) is 5.32 Å². The second-order valence-electron chi connectivity index (χ2n) is 4.28. The summed E-state index contributed by atoms with van der Waals surface area (Å²) >= 11 is 3.40. The van der Waals surface area contributed by atoms with Crippen molar-refractivity contribution in [3.05, 3.63) is 63.9 Å². The molecule has 2 aromatic carbocycles. The fourth-order valence-corrected chi connectivity index (χ4v) is 1.99. The van der Waals surface area contributed by atoms with E-state index >= 15 is 0 Å². The molecule has 0 fully saturated rings. The van der Waals surface area contributed by atoms with Gasteiger partial charge in [0.25, 0.3) is 0 Å². The van der Waals surface area contributed by atoms with E-state index in [1.54, 1.807) is 24.3 Å². The largest absolute Gasteiger partial charge is 0.326 e. The lowest BCUT2D eigenvalue weighted by atomic mass is 10.1. The van der Waals surface area contributed by atoms with E-state index in [1.807, 2.05) is 19.1 Å². The molecular weight excluding hydrogens is 309 g/mol. The quantitative estimate of drug-likeness (QED) is 0.906. The lowest BCUT2D eigenvalue weighted by molar-refractivity contribution is -0.115. The highest BCUT2D eigenvalue weighted by Gasteiger charge is 2.08. The monoisotopic (exact) mass is 321 g/mol. The summed E-state index contributed by atoms with van der Waals surface area (Å²) in [6.45, 7) is 1.94. The number of amides is 1. The molecule has 0 atom stereocenters. The summed E-state index contributed by atoms with van der Waals surface area (Å²) in [4.78, 5) is 11.8. The zero-order valence-corrected chi connectivity index (χ0v) is 12.0. The van der Waals surface area contributed by atoms with Crippen LogP contribution in [0.25, 0.3) is 0 Å². The molecule has 0 aliphatic rings. The number of halogens is 2. The van der Waals surface area contributed by atoms with Gasteiger partial charge in [0.15, 0.2) is 0 Å². The van der Waals surface area contributed by atoms with Crippen molar-refractivity contribution in [2.24, 2.45) is 0 Å². The van der Waals surface area contributed by atoms with Gasteiger partial charge in [-0.1, -0.05) is 34.1 Å². The van der Waals surface area contributed by atoms with Gasteiger partial charge in [-0.2, -0.15) is 0 Å². The summed E-state index contributed by atoms with van der Waals surface area (Å²) in [5, 5.41) is 2.76. The Balaban J connectivity index is 2.05. The molecule has 2 aromatic rings. The molecule has 0 spiro atoms. The highest BCUT2D eigenvalue weighted by atomic mass is 79.9. The third-order valence-corrected chi connectivity index (χ3v) is 3.64. The van der Waals surface area contributed by atoms with Crippen LogP contribution in [0.4, 0.5) is 10.1 Å². The number of nitrogens with one attached hydrogen (secondary N) is 1. The average molecular weight is 322 g/mol. The number of anilines is 1. The van der Waals surface area contributed by atoms with Crippen molar-refractivity contribution in [1.29, 1.82) is 0 Å². The summed E-state index contributed by atoms with van der Waals surface area (Å²) in [5.41, 5.74) is 2.14. The minimum absolute atomic E-state index is 0.0295. The van der Waals surface area contributed by atoms with Crippen LogP contribution in [0.2, 0.25) is 0 Å². The summed E-state index contributed by atoms with van der Waals surface area (Å²) in [6.07, 6.45) is 0.0295. The maximum absolute atomic E-state index is 13.4. The minimum Gasteiger partial charge on any atom is -0.326 e. The Bertz CT molecular complexity index is 613. The molecular formula is C15H13BrFNO. The number of rotatable bonds is 3. The molecule has 0 aromatic heterocycles. The van der Waals surface area contributed by atoms with Crippen molar-refractivity contribution in [3.8, 4) is 0 Å². The van der Waals surface area contributed by atoms with E-state index in [2.05, 4.69) is 21.2 Å². The Kier molecular flexibility index (Phi) is 4.32. The van der Waals surface area contributed by atoms with Gasteiger partial charge >= 0.3 is 0 Å². The Morgan fingerprint density at radius 3 is 2.68 bits per heavy atom. The van der Waals surface area contributed by atoms with Crippen molar-refractivity contribution < 1.29 is 9.18 Å². The van der Waals surface area contributed by atoms with E-state index < -0.39 is 0 Å². The lowest BCUT2D eigenvalue weighted by Gasteiger charge is -2.07. The van der Waals surface area contributed by atoms with Crippen LogP contribution in [-0.4, -0.2) is 5.91 Å². The van der Waals surface area contributed by atoms with Crippen LogP contribution >= 0.6 is 15.9 Å². The van der Waals surface area contributed by atoms with Gasteiger partial charge in [0, 0.05) is 10.2 Å². The molecule has 0 saturated heterocycles. The van der Waals surface area contributed by atoms with E-state index in [-0.39, 0.29) is 18.1 Å². The molecule has 2 nitrogen and oxygen atoms in total. The number of hydrogen-bond donors (Lipinski definition) is 1. The van der Waals surface area contributed by atoms with Gasteiger partial charge in [0.05, 0.1) is 6.42 Å². The number of carbonyl (C=O) groups excluding carboxylic acids is 1. The van der Waals surface area contributed by atoms with Gasteiger partial charge in [-0.05, 0) is 42.3 Å². The van der Waals surface area contributed by atoms with Crippen LogP contribution in [0.5, 0.6) is 0 Å². The van der Waals surface area contributed by atoms with Crippen LogP contribution in [0, 0.1) is 12.7 Å². The van der Waals surface area contributed by atoms with E-state index in [1.165, 1.54) is 6.07 Å². The fourth-order valence-electron chi connectivity index (χ4n) is 1.74. The fraction of sp³-hybridized carbons (Fsp3) is 0.133. The van der Waals surface area contributed by atoms with Gasteiger partial charge in [-0.25, -0.2) is 4.39 Å². The third kappa shape index (κ3) is 3.64. The molecule has 4 heteroatoms. The van der Waals surface area contributed by atoms with Gasteiger partial charge in [-0.3, -0.25) is 4.79 Å². The zero-order valence-electron chi connectivity index (χ0n) is 10.4. The molecule has 0 aliphatic heterocycles. The predicted molar refractivity (Wildman–Crippen MR) is 77.6 cm³/mol. The number of aryl methyl sites for hydroxylation is 1. The van der Waals surface area contributed by atoms with Crippen LogP contribution in [0.3, 0.4) is 0 Å². The standard InChI is InChI=1S/C15H13BrFNO/c1-10-8-12(6-7-13(10)16)18-15(19)9-11-4-2-3-5-14(11)17/h2-8H,9H2,1H3,(H,18,19). The lowest BCUT2D eigenvalue weighted by Crippen LogP contribution is -2.15. The first-order chi connectivity index (χ1) is 9.06. The Labute approximate surface area is 119 Å². The van der Waals surface area contributed by atoms with Crippen LogP contribution in [0.1, 0.15) is 11.1 Å². The summed E-state index contributed by atoms with van der Waals surface area (Å²) < 4.78 is 14.4. The van der Waals surface area contributed by atoms with Crippen LogP contribution < -0.4 is 5.32 Å². The molecule has 98 valence electrons. The Hall–Kier alpha value is -1.68. The molecule has 0 bridgehead atoms. The van der Waals surface area contributed by atoms with Crippen molar-refractivity contribution in [3.63, 3.8) is 0 Å². The molecule has 0 saturated carbocycles. The maximum atomic E-state index is 13.4. The molecule has 0 radical (unpaired) electrons. The maximum Gasteiger partial charge on any atom is 0.228 e. The van der Waals surface area contributed by atoms with E-state index in [9.17, 15) is 9.18 Å².